The monoisotopic (exact) mass is 458 g/mol. The normalized spacial score (nSPS) is 10.8. The Labute approximate surface area is 190 Å². The van der Waals surface area contributed by atoms with Gasteiger partial charge in [-0.05, 0) is 31.4 Å². The van der Waals surface area contributed by atoms with Gasteiger partial charge >= 0.3 is 5.97 Å². The predicted octanol–water partition coefficient (Wildman–Crippen LogP) is 4.13. The highest BCUT2D eigenvalue weighted by atomic mass is 32.2. The summed E-state index contributed by atoms with van der Waals surface area (Å²) in [6.07, 6.45) is 2.44. The second kappa shape index (κ2) is 11.1. The van der Waals surface area contributed by atoms with Crippen molar-refractivity contribution >= 4 is 40.0 Å². The Bertz CT molecular complexity index is 1030. The largest absolute Gasteiger partial charge is 0.462 e. The number of thioether (sulfide) groups is 1. The number of ether oxygens (including phenoxy) is 1. The molecule has 0 saturated carbocycles. The van der Waals surface area contributed by atoms with Crippen molar-refractivity contribution in [1.82, 2.24) is 14.8 Å². The van der Waals surface area contributed by atoms with Crippen LogP contribution in [0.15, 0.2) is 41.6 Å². The summed E-state index contributed by atoms with van der Waals surface area (Å²) < 4.78 is 7.02. The second-order valence-corrected chi connectivity index (χ2v) is 8.89. The standard InChI is InChI=1S/C22H26N4O3S2/c1-4-16-13-17(21(28)29-5-2)20(31-16)23-19(27)14-30-22-25-24-18(26(22)3)12-11-15-9-7-6-8-10-15/h6-10,13H,4-5,11-12,14H2,1-3H3,(H,23,27). The number of anilines is 1. The summed E-state index contributed by atoms with van der Waals surface area (Å²) in [6.45, 7) is 4.05. The van der Waals surface area contributed by atoms with Crippen LogP contribution in [-0.2, 0) is 35.8 Å². The third kappa shape index (κ3) is 6.18. The molecular formula is C22H26N4O3S2. The number of rotatable bonds is 10. The van der Waals surface area contributed by atoms with E-state index in [0.29, 0.717) is 15.7 Å². The summed E-state index contributed by atoms with van der Waals surface area (Å²) in [6, 6.07) is 12.0. The molecule has 0 aliphatic heterocycles. The van der Waals surface area contributed by atoms with Crippen molar-refractivity contribution < 1.29 is 14.3 Å². The van der Waals surface area contributed by atoms with Gasteiger partial charge in [-0.3, -0.25) is 4.79 Å². The molecule has 0 fully saturated rings. The molecule has 0 aliphatic rings. The lowest BCUT2D eigenvalue weighted by atomic mass is 10.1. The van der Waals surface area contributed by atoms with Crippen molar-refractivity contribution in [3.8, 4) is 0 Å². The lowest BCUT2D eigenvalue weighted by Crippen LogP contribution is -2.16. The van der Waals surface area contributed by atoms with E-state index in [2.05, 4.69) is 27.6 Å². The minimum Gasteiger partial charge on any atom is -0.462 e. The fraction of sp³-hybridized carbons (Fsp3) is 0.364. The molecule has 31 heavy (non-hydrogen) atoms. The molecule has 1 aromatic carbocycles. The maximum Gasteiger partial charge on any atom is 0.341 e. The van der Waals surface area contributed by atoms with Crippen LogP contribution in [0.2, 0.25) is 0 Å². The second-order valence-electron chi connectivity index (χ2n) is 6.81. The molecule has 164 valence electrons. The summed E-state index contributed by atoms with van der Waals surface area (Å²) in [4.78, 5) is 25.7. The smallest absolute Gasteiger partial charge is 0.341 e. The van der Waals surface area contributed by atoms with Crippen molar-refractivity contribution in [3.63, 3.8) is 0 Å². The van der Waals surface area contributed by atoms with Gasteiger partial charge in [0.25, 0.3) is 0 Å². The first-order chi connectivity index (χ1) is 15.0. The molecule has 0 aliphatic carbocycles. The van der Waals surface area contributed by atoms with Crippen molar-refractivity contribution in [2.24, 2.45) is 7.05 Å². The number of thiophene rings is 1. The van der Waals surface area contributed by atoms with Crippen LogP contribution in [0.25, 0.3) is 0 Å². The zero-order chi connectivity index (χ0) is 22.2. The average Bonchev–Trinajstić information content (AvgIpc) is 3.34. The number of hydrogen-bond donors (Lipinski definition) is 1. The molecule has 0 unspecified atom stereocenters. The first kappa shape index (κ1) is 23.0. The van der Waals surface area contributed by atoms with E-state index in [-0.39, 0.29) is 18.3 Å². The molecule has 7 nitrogen and oxygen atoms in total. The number of benzene rings is 1. The van der Waals surface area contributed by atoms with Gasteiger partial charge in [-0.25, -0.2) is 4.79 Å². The molecule has 0 radical (unpaired) electrons. The Morgan fingerprint density at radius 2 is 1.94 bits per heavy atom. The number of nitrogens with zero attached hydrogens (tertiary/aromatic N) is 3. The van der Waals surface area contributed by atoms with Gasteiger partial charge in [-0.2, -0.15) is 0 Å². The third-order valence-electron chi connectivity index (χ3n) is 4.62. The first-order valence-corrected chi connectivity index (χ1v) is 12.0. The molecule has 0 saturated heterocycles. The van der Waals surface area contributed by atoms with Gasteiger partial charge in [0.1, 0.15) is 10.8 Å². The van der Waals surface area contributed by atoms with Gasteiger partial charge in [0, 0.05) is 18.3 Å². The van der Waals surface area contributed by atoms with Crippen LogP contribution in [-0.4, -0.2) is 39.0 Å². The number of hydrogen-bond acceptors (Lipinski definition) is 7. The van der Waals surface area contributed by atoms with Crippen LogP contribution < -0.4 is 5.32 Å². The number of nitrogens with one attached hydrogen (secondary N) is 1. The van der Waals surface area contributed by atoms with Crippen molar-refractivity contribution in [2.45, 2.75) is 38.3 Å². The van der Waals surface area contributed by atoms with Gasteiger partial charge in [0.2, 0.25) is 5.91 Å². The topological polar surface area (TPSA) is 86.1 Å². The molecule has 2 aromatic heterocycles. The van der Waals surface area contributed by atoms with Crippen LogP contribution in [0, 0.1) is 0 Å². The number of esters is 1. The Balaban J connectivity index is 1.57. The van der Waals surface area contributed by atoms with Crippen LogP contribution in [0.3, 0.4) is 0 Å². The molecular weight excluding hydrogens is 432 g/mol. The number of amides is 1. The van der Waals surface area contributed by atoms with Crippen LogP contribution in [0.4, 0.5) is 5.00 Å². The Morgan fingerprint density at radius 1 is 1.16 bits per heavy atom. The lowest BCUT2D eigenvalue weighted by molar-refractivity contribution is -0.113. The highest BCUT2D eigenvalue weighted by Gasteiger charge is 2.19. The Hall–Kier alpha value is -2.65. The molecule has 3 rings (SSSR count). The number of carbonyl (C=O) groups is 2. The van der Waals surface area contributed by atoms with E-state index in [1.54, 1.807) is 13.0 Å². The Morgan fingerprint density at radius 3 is 2.65 bits per heavy atom. The molecule has 0 atom stereocenters. The highest BCUT2D eigenvalue weighted by molar-refractivity contribution is 7.99. The highest BCUT2D eigenvalue weighted by Crippen LogP contribution is 2.29. The summed E-state index contributed by atoms with van der Waals surface area (Å²) in [5.41, 5.74) is 1.66. The quantitative estimate of drug-likeness (QED) is 0.363. The SMILES string of the molecule is CCOC(=O)c1cc(CC)sc1NC(=O)CSc1nnc(CCc2ccccc2)n1C. The first-order valence-electron chi connectivity index (χ1n) is 10.2. The minimum atomic E-state index is -0.419. The van der Waals surface area contributed by atoms with E-state index >= 15 is 0 Å². The van der Waals surface area contributed by atoms with E-state index < -0.39 is 5.97 Å². The number of carbonyl (C=O) groups excluding carboxylic acids is 2. The molecule has 2 heterocycles. The lowest BCUT2D eigenvalue weighted by Gasteiger charge is -2.06. The molecule has 1 N–H and O–H groups in total. The fourth-order valence-corrected chi connectivity index (χ4v) is 4.68. The Kier molecular flexibility index (Phi) is 8.25. The van der Waals surface area contributed by atoms with Gasteiger partial charge in [-0.15, -0.1) is 21.5 Å². The predicted molar refractivity (Wildman–Crippen MR) is 124 cm³/mol. The van der Waals surface area contributed by atoms with Gasteiger partial charge < -0.3 is 14.6 Å². The third-order valence-corrected chi connectivity index (χ3v) is 6.83. The van der Waals surface area contributed by atoms with E-state index in [9.17, 15) is 9.59 Å². The molecule has 0 bridgehead atoms. The van der Waals surface area contributed by atoms with E-state index in [4.69, 9.17) is 4.74 Å². The van der Waals surface area contributed by atoms with Gasteiger partial charge in [-0.1, -0.05) is 49.0 Å². The number of aryl methyl sites for hydroxylation is 3. The van der Waals surface area contributed by atoms with Gasteiger partial charge in [0.15, 0.2) is 5.16 Å². The summed E-state index contributed by atoms with van der Waals surface area (Å²) >= 11 is 2.72. The zero-order valence-corrected chi connectivity index (χ0v) is 19.5. The maximum absolute atomic E-state index is 12.5. The summed E-state index contributed by atoms with van der Waals surface area (Å²) in [5.74, 6) is 0.431. The zero-order valence-electron chi connectivity index (χ0n) is 17.9. The van der Waals surface area contributed by atoms with Crippen LogP contribution in [0.5, 0.6) is 0 Å². The molecule has 9 heteroatoms. The summed E-state index contributed by atoms with van der Waals surface area (Å²) in [5, 5.41) is 12.5. The van der Waals surface area contributed by atoms with Crippen LogP contribution in [0.1, 0.15) is 40.5 Å². The molecule has 1 amide bonds. The van der Waals surface area contributed by atoms with E-state index in [0.717, 1.165) is 30.0 Å². The maximum atomic E-state index is 12.5. The molecule has 0 spiro atoms. The fourth-order valence-electron chi connectivity index (χ4n) is 2.95. The van der Waals surface area contributed by atoms with Crippen molar-refractivity contribution in [3.05, 3.63) is 58.2 Å². The molecule has 3 aromatic rings. The number of aromatic nitrogens is 3. The van der Waals surface area contributed by atoms with Gasteiger partial charge in [0.05, 0.1) is 17.9 Å². The minimum absolute atomic E-state index is 0.173. The van der Waals surface area contributed by atoms with Crippen molar-refractivity contribution in [1.29, 1.82) is 0 Å². The van der Waals surface area contributed by atoms with Crippen molar-refractivity contribution in [2.75, 3.05) is 17.7 Å². The summed E-state index contributed by atoms with van der Waals surface area (Å²) in [7, 11) is 1.91. The van der Waals surface area contributed by atoms with E-state index in [1.165, 1.54) is 28.7 Å². The van der Waals surface area contributed by atoms with E-state index in [1.807, 2.05) is 36.7 Å². The van der Waals surface area contributed by atoms with Crippen LogP contribution >= 0.6 is 23.1 Å². The average molecular weight is 459 g/mol.